The molecular formula is C28H25N4O3+. The SMILES string of the molecule is CCCc1[nH]n(-c2ccccc2)c(=O)c1C1=C([n+]2ccccc2)C(=O)N(c2cccc(C)c2)C1=O. The lowest BCUT2D eigenvalue weighted by Crippen LogP contribution is -2.39. The summed E-state index contributed by atoms with van der Waals surface area (Å²) in [5, 5.41) is 3.19. The maximum absolute atomic E-state index is 13.9. The van der Waals surface area contributed by atoms with Gasteiger partial charge in [0, 0.05) is 17.8 Å². The average Bonchev–Trinajstić information content (AvgIpc) is 3.32. The Morgan fingerprint density at radius 3 is 2.20 bits per heavy atom. The number of imide groups is 1. The molecule has 0 fully saturated rings. The first kappa shape index (κ1) is 22.3. The summed E-state index contributed by atoms with van der Waals surface area (Å²) in [5.41, 5.74) is 2.80. The van der Waals surface area contributed by atoms with Crippen molar-refractivity contribution >= 4 is 28.8 Å². The molecule has 0 atom stereocenters. The third kappa shape index (κ3) is 3.81. The zero-order valence-corrected chi connectivity index (χ0v) is 19.6. The zero-order chi connectivity index (χ0) is 24.5. The van der Waals surface area contributed by atoms with E-state index in [4.69, 9.17) is 0 Å². The molecule has 2 amide bonds. The highest BCUT2D eigenvalue weighted by atomic mass is 16.2. The molecule has 1 N–H and O–H groups in total. The summed E-state index contributed by atoms with van der Waals surface area (Å²) >= 11 is 0. The van der Waals surface area contributed by atoms with Gasteiger partial charge in [-0.2, -0.15) is 4.57 Å². The van der Waals surface area contributed by atoms with Crippen molar-refractivity contribution in [2.75, 3.05) is 4.90 Å². The maximum Gasteiger partial charge on any atom is 0.331 e. The van der Waals surface area contributed by atoms with Crippen molar-refractivity contribution in [2.24, 2.45) is 0 Å². The highest BCUT2D eigenvalue weighted by Crippen LogP contribution is 2.34. The second kappa shape index (κ2) is 9.02. The number of benzene rings is 2. The van der Waals surface area contributed by atoms with Crippen LogP contribution in [0, 0.1) is 6.92 Å². The van der Waals surface area contributed by atoms with Crippen molar-refractivity contribution < 1.29 is 14.2 Å². The molecule has 3 heterocycles. The molecule has 1 aliphatic rings. The Bertz CT molecular complexity index is 1510. The number of carbonyl (C=O) groups excluding carboxylic acids is 2. The van der Waals surface area contributed by atoms with Crippen LogP contribution < -0.4 is 15.0 Å². The molecule has 0 radical (unpaired) electrons. The van der Waals surface area contributed by atoms with Crippen LogP contribution in [-0.4, -0.2) is 21.6 Å². The Balaban J connectivity index is 1.78. The third-order valence-electron chi connectivity index (χ3n) is 6.02. The number of nitrogens with zero attached hydrogens (tertiary/aromatic N) is 3. The minimum atomic E-state index is -0.513. The number of hydrogen-bond donors (Lipinski definition) is 1. The van der Waals surface area contributed by atoms with Crippen LogP contribution in [0.2, 0.25) is 0 Å². The Labute approximate surface area is 202 Å². The molecule has 1 aliphatic heterocycles. The third-order valence-corrected chi connectivity index (χ3v) is 6.02. The van der Waals surface area contributed by atoms with Gasteiger partial charge in [-0.05, 0) is 43.2 Å². The quantitative estimate of drug-likeness (QED) is 0.349. The predicted octanol–water partition coefficient (Wildman–Crippen LogP) is 3.66. The van der Waals surface area contributed by atoms with Crippen LogP contribution in [0.3, 0.4) is 0 Å². The molecule has 2 aromatic carbocycles. The number of aromatic nitrogens is 3. The molecule has 0 saturated carbocycles. The van der Waals surface area contributed by atoms with E-state index >= 15 is 0 Å². The normalized spacial score (nSPS) is 13.7. The van der Waals surface area contributed by atoms with E-state index in [1.165, 1.54) is 4.68 Å². The Morgan fingerprint density at radius 1 is 0.829 bits per heavy atom. The van der Waals surface area contributed by atoms with Crippen LogP contribution in [0.25, 0.3) is 17.0 Å². The molecule has 0 bridgehead atoms. The zero-order valence-electron chi connectivity index (χ0n) is 19.6. The van der Waals surface area contributed by atoms with Crippen LogP contribution in [0.5, 0.6) is 0 Å². The summed E-state index contributed by atoms with van der Waals surface area (Å²) in [7, 11) is 0. The summed E-state index contributed by atoms with van der Waals surface area (Å²) in [6, 6.07) is 21.8. The second-order valence-corrected chi connectivity index (χ2v) is 8.48. The molecule has 2 aromatic heterocycles. The lowest BCUT2D eigenvalue weighted by Gasteiger charge is -2.14. The standard InChI is InChI=1S/C28H24N4O3/c1-3-11-22-23(27(34)32(29-22)20-13-6-4-7-14-20)24-25(30-16-8-5-9-17-30)28(35)31(26(24)33)21-15-10-12-19(2)18-21/h4-10,12-18H,3,11H2,1-2H3/p+1. The number of amides is 2. The number of nitrogens with one attached hydrogen (secondary N) is 1. The Morgan fingerprint density at radius 2 is 1.51 bits per heavy atom. The maximum atomic E-state index is 13.9. The van der Waals surface area contributed by atoms with Gasteiger partial charge in [0.15, 0.2) is 12.4 Å². The van der Waals surface area contributed by atoms with E-state index < -0.39 is 11.8 Å². The van der Waals surface area contributed by atoms with E-state index in [9.17, 15) is 14.4 Å². The van der Waals surface area contributed by atoms with Gasteiger partial charge in [-0.1, -0.05) is 49.7 Å². The van der Waals surface area contributed by atoms with Crippen molar-refractivity contribution in [1.82, 2.24) is 9.78 Å². The molecule has 0 unspecified atom stereocenters. The number of para-hydroxylation sites is 1. The Hall–Kier alpha value is -4.52. The van der Waals surface area contributed by atoms with E-state index in [2.05, 4.69) is 5.10 Å². The van der Waals surface area contributed by atoms with Gasteiger partial charge in [-0.25, -0.2) is 9.58 Å². The van der Waals surface area contributed by atoms with Gasteiger partial charge in [0.1, 0.15) is 5.57 Å². The number of rotatable bonds is 6. The van der Waals surface area contributed by atoms with Crippen LogP contribution in [0.15, 0.2) is 90.0 Å². The second-order valence-electron chi connectivity index (χ2n) is 8.48. The molecule has 174 valence electrons. The minimum absolute atomic E-state index is 0.104. The van der Waals surface area contributed by atoms with Gasteiger partial charge in [0.2, 0.25) is 0 Å². The van der Waals surface area contributed by atoms with Gasteiger partial charge >= 0.3 is 5.91 Å². The number of aromatic amines is 1. The molecule has 5 rings (SSSR count). The van der Waals surface area contributed by atoms with Crippen molar-refractivity contribution in [3.8, 4) is 5.69 Å². The average molecular weight is 466 g/mol. The fourth-order valence-corrected chi connectivity index (χ4v) is 4.46. The number of carbonyl (C=O) groups is 2. The lowest BCUT2D eigenvalue weighted by molar-refractivity contribution is -0.576. The van der Waals surface area contributed by atoms with Gasteiger partial charge in [-0.3, -0.25) is 19.5 Å². The molecule has 7 heteroatoms. The van der Waals surface area contributed by atoms with Crippen molar-refractivity contribution in [3.05, 3.63) is 112 Å². The highest BCUT2D eigenvalue weighted by molar-refractivity contribution is 6.53. The van der Waals surface area contributed by atoms with Crippen LogP contribution >= 0.6 is 0 Å². The molecule has 7 nitrogen and oxygen atoms in total. The monoisotopic (exact) mass is 465 g/mol. The molecule has 0 aliphatic carbocycles. The molecular weight excluding hydrogens is 440 g/mol. The molecule has 0 spiro atoms. The number of hydrogen-bond acceptors (Lipinski definition) is 3. The van der Waals surface area contributed by atoms with E-state index in [-0.39, 0.29) is 22.4 Å². The lowest BCUT2D eigenvalue weighted by atomic mass is 10.0. The molecule has 35 heavy (non-hydrogen) atoms. The fraction of sp³-hybridized carbons (Fsp3) is 0.143. The first-order valence-corrected chi connectivity index (χ1v) is 11.6. The van der Waals surface area contributed by atoms with Crippen molar-refractivity contribution in [2.45, 2.75) is 26.7 Å². The van der Waals surface area contributed by atoms with E-state index in [0.717, 1.165) is 16.9 Å². The first-order valence-electron chi connectivity index (χ1n) is 11.6. The summed E-state index contributed by atoms with van der Waals surface area (Å²) in [6.45, 7) is 3.91. The number of aryl methyl sites for hydroxylation is 2. The van der Waals surface area contributed by atoms with Gasteiger partial charge in [-0.15, -0.1) is 0 Å². The summed E-state index contributed by atoms with van der Waals surface area (Å²) in [4.78, 5) is 42.7. The topological polar surface area (TPSA) is 79.1 Å². The van der Waals surface area contributed by atoms with E-state index in [0.29, 0.717) is 23.5 Å². The molecule has 4 aromatic rings. The summed E-state index contributed by atoms with van der Waals surface area (Å²) in [5.74, 6) is -0.985. The number of pyridine rings is 1. The summed E-state index contributed by atoms with van der Waals surface area (Å²) in [6.07, 6.45) is 4.73. The number of anilines is 1. The summed E-state index contributed by atoms with van der Waals surface area (Å²) < 4.78 is 3.05. The number of H-pyrrole nitrogens is 1. The largest absolute Gasteiger partial charge is 0.331 e. The van der Waals surface area contributed by atoms with Gasteiger partial charge in [0.25, 0.3) is 17.2 Å². The van der Waals surface area contributed by atoms with E-state index in [1.807, 2.05) is 56.3 Å². The van der Waals surface area contributed by atoms with E-state index in [1.54, 1.807) is 47.3 Å². The fourth-order valence-electron chi connectivity index (χ4n) is 4.46. The predicted molar refractivity (Wildman–Crippen MR) is 134 cm³/mol. The van der Waals surface area contributed by atoms with Crippen molar-refractivity contribution in [1.29, 1.82) is 0 Å². The minimum Gasteiger partial charge on any atom is -0.294 e. The first-order chi connectivity index (χ1) is 17.0. The van der Waals surface area contributed by atoms with Gasteiger partial charge in [0.05, 0.1) is 16.9 Å². The Kier molecular flexibility index (Phi) is 5.74. The van der Waals surface area contributed by atoms with Crippen LogP contribution in [0.4, 0.5) is 5.69 Å². The smallest absolute Gasteiger partial charge is 0.294 e. The van der Waals surface area contributed by atoms with Crippen molar-refractivity contribution in [3.63, 3.8) is 0 Å². The van der Waals surface area contributed by atoms with Gasteiger partial charge < -0.3 is 0 Å². The van der Waals surface area contributed by atoms with Crippen LogP contribution in [-0.2, 0) is 16.0 Å². The molecule has 0 saturated heterocycles. The highest BCUT2D eigenvalue weighted by Gasteiger charge is 2.48. The van der Waals surface area contributed by atoms with Crippen LogP contribution in [0.1, 0.15) is 30.2 Å².